The zero-order chi connectivity index (χ0) is 23.7. The van der Waals surface area contributed by atoms with Crippen LogP contribution in [0.25, 0.3) is 10.8 Å². The van der Waals surface area contributed by atoms with E-state index in [1.54, 1.807) is 47.4 Å². The van der Waals surface area contributed by atoms with Crippen molar-refractivity contribution in [1.29, 1.82) is 0 Å². The molecular formula is C26H23ClN4O3. The van der Waals surface area contributed by atoms with Gasteiger partial charge in [-0.3, -0.25) is 19.4 Å². The molecule has 6 rings (SSSR count). The van der Waals surface area contributed by atoms with E-state index in [4.69, 9.17) is 11.6 Å². The summed E-state index contributed by atoms with van der Waals surface area (Å²) in [5.74, 6) is -0.509. The van der Waals surface area contributed by atoms with Crippen LogP contribution in [0.5, 0.6) is 0 Å². The van der Waals surface area contributed by atoms with Crippen molar-refractivity contribution in [3.8, 4) is 0 Å². The number of amides is 3. The second-order valence-corrected chi connectivity index (χ2v) is 9.80. The smallest absolute Gasteiger partial charge is 0.255 e. The van der Waals surface area contributed by atoms with Crippen LogP contribution in [0.4, 0.5) is 5.69 Å². The van der Waals surface area contributed by atoms with E-state index in [-0.39, 0.29) is 24.3 Å². The summed E-state index contributed by atoms with van der Waals surface area (Å²) in [7, 11) is 1.58. The molecule has 8 heteroatoms. The molecule has 3 aromatic rings. The van der Waals surface area contributed by atoms with Gasteiger partial charge in [0.15, 0.2) is 0 Å². The Hall–Kier alpha value is -3.45. The third-order valence-corrected chi connectivity index (χ3v) is 7.88. The molecule has 1 aliphatic carbocycles. The average Bonchev–Trinajstić information content (AvgIpc) is 3.60. The molecule has 2 fully saturated rings. The molecule has 34 heavy (non-hydrogen) atoms. The van der Waals surface area contributed by atoms with Gasteiger partial charge in [-0.15, -0.1) is 0 Å². The highest BCUT2D eigenvalue weighted by Gasteiger charge is 2.63. The fraction of sp³-hybridized carbons (Fsp3) is 0.308. The van der Waals surface area contributed by atoms with E-state index in [0.29, 0.717) is 42.0 Å². The maximum Gasteiger partial charge on any atom is 0.255 e. The van der Waals surface area contributed by atoms with Crippen LogP contribution in [0.3, 0.4) is 0 Å². The molecule has 1 saturated carbocycles. The SMILES string of the molecule is CNC(=O)C1(N2CC3(CCN(c4cncc5ccccc45)C3=O)c3cc(Cl)ccc3C2=O)CC1. The van der Waals surface area contributed by atoms with Crippen LogP contribution >= 0.6 is 11.6 Å². The lowest BCUT2D eigenvalue weighted by molar-refractivity contribution is -0.129. The highest BCUT2D eigenvalue weighted by Crippen LogP contribution is 2.51. The van der Waals surface area contributed by atoms with Gasteiger partial charge in [-0.1, -0.05) is 35.9 Å². The minimum absolute atomic E-state index is 0.0978. The standard InChI is InChI=1S/C26H23ClN4O3/c1-28-23(33)26(8-9-26)31-15-25(20-12-17(27)6-7-19(20)22(31)32)10-11-30(24(25)34)21-14-29-13-16-4-2-3-5-18(16)21/h2-7,12-14H,8-11,15H2,1H3,(H,28,33). The van der Waals surface area contributed by atoms with Crippen LogP contribution < -0.4 is 10.2 Å². The number of likely N-dealkylation sites (N-methyl/N-ethyl adjacent to an activating group) is 1. The Morgan fingerprint density at radius 1 is 1.09 bits per heavy atom. The second-order valence-electron chi connectivity index (χ2n) is 9.36. The molecule has 3 heterocycles. The van der Waals surface area contributed by atoms with Crippen molar-refractivity contribution < 1.29 is 14.4 Å². The van der Waals surface area contributed by atoms with E-state index in [1.807, 2.05) is 24.3 Å². The number of carbonyl (C=O) groups is 3. The minimum atomic E-state index is -0.977. The van der Waals surface area contributed by atoms with Crippen molar-refractivity contribution >= 4 is 45.8 Å². The van der Waals surface area contributed by atoms with Crippen LogP contribution in [0.15, 0.2) is 54.9 Å². The Kier molecular flexibility index (Phi) is 4.51. The molecule has 1 unspecified atom stereocenters. The topological polar surface area (TPSA) is 82.6 Å². The number of nitrogens with one attached hydrogen (secondary N) is 1. The normalized spacial score (nSPS) is 22.9. The Labute approximate surface area is 201 Å². The number of anilines is 1. The van der Waals surface area contributed by atoms with Gasteiger partial charge < -0.3 is 15.1 Å². The summed E-state index contributed by atoms with van der Waals surface area (Å²) in [6, 6.07) is 12.9. The third kappa shape index (κ3) is 2.76. The Morgan fingerprint density at radius 3 is 2.65 bits per heavy atom. The summed E-state index contributed by atoms with van der Waals surface area (Å²) < 4.78 is 0. The van der Waals surface area contributed by atoms with E-state index in [9.17, 15) is 14.4 Å². The van der Waals surface area contributed by atoms with Crippen molar-refractivity contribution in [3.05, 3.63) is 71.0 Å². The first kappa shape index (κ1) is 21.1. The zero-order valence-electron chi connectivity index (χ0n) is 18.7. The molecule has 3 aliphatic rings. The number of hydrogen-bond acceptors (Lipinski definition) is 4. The van der Waals surface area contributed by atoms with Crippen LogP contribution in [0.2, 0.25) is 5.02 Å². The number of benzene rings is 2. The van der Waals surface area contributed by atoms with Gasteiger partial charge in [0.25, 0.3) is 5.91 Å². The lowest BCUT2D eigenvalue weighted by Crippen LogP contribution is -2.60. The van der Waals surface area contributed by atoms with Crippen LogP contribution in [-0.2, 0) is 15.0 Å². The number of rotatable bonds is 3. The maximum absolute atomic E-state index is 14.3. The molecule has 2 aliphatic heterocycles. The van der Waals surface area contributed by atoms with Gasteiger partial charge in [0.1, 0.15) is 5.54 Å². The van der Waals surface area contributed by atoms with Crippen LogP contribution in [0.1, 0.15) is 35.2 Å². The van der Waals surface area contributed by atoms with E-state index >= 15 is 0 Å². The molecule has 1 N–H and O–H groups in total. The van der Waals surface area contributed by atoms with E-state index in [1.165, 1.54) is 0 Å². The van der Waals surface area contributed by atoms with Crippen molar-refractivity contribution in [2.75, 3.05) is 25.0 Å². The lowest BCUT2D eigenvalue weighted by Gasteiger charge is -2.43. The summed E-state index contributed by atoms with van der Waals surface area (Å²) in [4.78, 5) is 48.4. The van der Waals surface area contributed by atoms with E-state index in [2.05, 4.69) is 10.3 Å². The Morgan fingerprint density at radius 2 is 1.88 bits per heavy atom. The molecule has 3 amide bonds. The van der Waals surface area contributed by atoms with Gasteiger partial charge in [-0.05, 0) is 43.0 Å². The largest absolute Gasteiger partial charge is 0.357 e. The third-order valence-electron chi connectivity index (χ3n) is 7.65. The van der Waals surface area contributed by atoms with Gasteiger partial charge in [-0.25, -0.2) is 0 Å². The fourth-order valence-corrected chi connectivity index (χ4v) is 5.87. The minimum Gasteiger partial charge on any atom is -0.357 e. The van der Waals surface area contributed by atoms with Gasteiger partial charge in [0, 0.05) is 47.7 Å². The van der Waals surface area contributed by atoms with Gasteiger partial charge in [0.05, 0.1) is 17.3 Å². The number of halogens is 1. The summed E-state index contributed by atoms with van der Waals surface area (Å²) in [6.07, 6.45) is 5.18. The van der Waals surface area contributed by atoms with Gasteiger partial charge in [0.2, 0.25) is 11.8 Å². The van der Waals surface area contributed by atoms with Gasteiger partial charge in [-0.2, -0.15) is 0 Å². The van der Waals surface area contributed by atoms with E-state index < -0.39 is 11.0 Å². The number of aromatic nitrogens is 1. The number of fused-ring (bicyclic) bond motifs is 3. The number of pyridine rings is 1. The fourth-order valence-electron chi connectivity index (χ4n) is 5.70. The zero-order valence-corrected chi connectivity index (χ0v) is 19.4. The summed E-state index contributed by atoms with van der Waals surface area (Å²) in [5.41, 5.74) is -0.0364. The Bertz CT molecular complexity index is 1380. The number of nitrogens with zero attached hydrogens (tertiary/aromatic N) is 3. The predicted molar refractivity (Wildman–Crippen MR) is 129 cm³/mol. The first-order valence-corrected chi connectivity index (χ1v) is 11.8. The second kappa shape index (κ2) is 7.27. The summed E-state index contributed by atoms with van der Waals surface area (Å²) >= 11 is 6.35. The maximum atomic E-state index is 14.3. The molecule has 172 valence electrons. The highest BCUT2D eigenvalue weighted by molar-refractivity contribution is 6.31. The molecule has 1 atom stereocenters. The molecule has 7 nitrogen and oxygen atoms in total. The molecule has 1 spiro atoms. The molecule has 0 radical (unpaired) electrons. The molecule has 1 aromatic heterocycles. The van der Waals surface area contributed by atoms with Crippen LogP contribution in [0, 0.1) is 0 Å². The molecular weight excluding hydrogens is 452 g/mol. The summed E-state index contributed by atoms with van der Waals surface area (Å²) in [6.45, 7) is 0.635. The van der Waals surface area contributed by atoms with Crippen LogP contribution in [-0.4, -0.2) is 53.3 Å². The van der Waals surface area contributed by atoms with E-state index in [0.717, 1.165) is 16.5 Å². The predicted octanol–water partition coefficient (Wildman–Crippen LogP) is 3.30. The highest BCUT2D eigenvalue weighted by atomic mass is 35.5. The first-order chi connectivity index (χ1) is 16.4. The monoisotopic (exact) mass is 474 g/mol. The molecule has 1 saturated heterocycles. The molecule has 0 bridgehead atoms. The first-order valence-electron chi connectivity index (χ1n) is 11.4. The molecule has 2 aromatic carbocycles. The van der Waals surface area contributed by atoms with Gasteiger partial charge >= 0.3 is 0 Å². The lowest BCUT2D eigenvalue weighted by atomic mass is 9.73. The van der Waals surface area contributed by atoms with Crippen molar-refractivity contribution in [2.45, 2.75) is 30.2 Å². The number of carbonyl (C=O) groups excluding carboxylic acids is 3. The van der Waals surface area contributed by atoms with Crippen molar-refractivity contribution in [1.82, 2.24) is 15.2 Å². The Balaban J connectivity index is 1.49. The quantitative estimate of drug-likeness (QED) is 0.631. The number of hydrogen-bond donors (Lipinski definition) is 1. The average molecular weight is 475 g/mol. The van der Waals surface area contributed by atoms with Crippen molar-refractivity contribution in [3.63, 3.8) is 0 Å². The summed E-state index contributed by atoms with van der Waals surface area (Å²) in [5, 5.41) is 5.08. The van der Waals surface area contributed by atoms with Crippen molar-refractivity contribution in [2.24, 2.45) is 0 Å².